The van der Waals surface area contributed by atoms with Crippen molar-refractivity contribution >= 4 is 12.0 Å². The molecule has 0 radical (unpaired) electrons. The van der Waals surface area contributed by atoms with E-state index in [2.05, 4.69) is 29.7 Å². The first-order valence-electron chi connectivity index (χ1n) is 8.11. The van der Waals surface area contributed by atoms with Gasteiger partial charge in [0.1, 0.15) is 0 Å². The van der Waals surface area contributed by atoms with Gasteiger partial charge in [0, 0.05) is 17.6 Å². The molecule has 3 N–H and O–H groups in total. The quantitative estimate of drug-likeness (QED) is 0.653. The van der Waals surface area contributed by atoms with Crippen molar-refractivity contribution in [3.8, 4) is 0 Å². The average Bonchev–Trinajstić information content (AvgIpc) is 2.40. The molecule has 1 fully saturated rings. The highest BCUT2D eigenvalue weighted by atomic mass is 16.4. The van der Waals surface area contributed by atoms with Crippen molar-refractivity contribution in [2.75, 3.05) is 13.1 Å². The number of carbonyl (C=O) groups excluding carboxylic acids is 1. The first-order chi connectivity index (χ1) is 10.4. The highest BCUT2D eigenvalue weighted by Gasteiger charge is 2.35. The van der Waals surface area contributed by atoms with Crippen LogP contribution in [0, 0.1) is 0 Å². The highest BCUT2D eigenvalue weighted by molar-refractivity contribution is 5.75. The lowest BCUT2D eigenvalue weighted by Gasteiger charge is -2.42. The Morgan fingerprint density at radius 1 is 1.36 bits per heavy atom. The van der Waals surface area contributed by atoms with Gasteiger partial charge in [-0.3, -0.25) is 9.69 Å². The third kappa shape index (κ3) is 4.47. The number of carbonyl (C=O) groups is 2. The monoisotopic (exact) mass is 309 g/mol. The van der Waals surface area contributed by atoms with E-state index in [1.54, 1.807) is 0 Å². The maximum Gasteiger partial charge on any atom is 0.317 e. The first-order valence-corrected chi connectivity index (χ1v) is 8.11. The van der Waals surface area contributed by atoms with E-state index in [1.165, 1.54) is 0 Å². The maximum atomic E-state index is 12.1. The van der Waals surface area contributed by atoms with E-state index in [9.17, 15) is 9.59 Å². The number of nitrogens with zero attached hydrogens (tertiary/aromatic N) is 1. The molecule has 1 unspecified atom stereocenters. The van der Waals surface area contributed by atoms with E-state index in [0.717, 1.165) is 38.6 Å². The summed E-state index contributed by atoms with van der Waals surface area (Å²) in [6, 6.07) is 0.303. The second kappa shape index (κ2) is 7.13. The van der Waals surface area contributed by atoms with Crippen LogP contribution in [-0.2, 0) is 4.79 Å². The summed E-state index contributed by atoms with van der Waals surface area (Å²) < 4.78 is 0. The Kier molecular flexibility index (Phi) is 5.45. The number of aliphatic carboxylic acids is 1. The Balaban J connectivity index is 1.71. The number of allylic oxidation sites excluding steroid dienone is 1. The summed E-state index contributed by atoms with van der Waals surface area (Å²) in [5.74, 6) is -0.797. The molecule has 0 aliphatic heterocycles. The Morgan fingerprint density at radius 3 is 2.64 bits per heavy atom. The minimum Gasteiger partial charge on any atom is -0.480 e. The van der Waals surface area contributed by atoms with Crippen molar-refractivity contribution in [2.24, 2.45) is 0 Å². The van der Waals surface area contributed by atoms with Crippen LogP contribution in [0.1, 0.15) is 46.0 Å². The van der Waals surface area contributed by atoms with Crippen LogP contribution in [0.25, 0.3) is 0 Å². The average molecular weight is 309 g/mol. The Bertz CT molecular complexity index is 446. The van der Waals surface area contributed by atoms with E-state index in [1.807, 2.05) is 11.8 Å². The lowest BCUT2D eigenvalue weighted by atomic mass is 9.85. The van der Waals surface area contributed by atoms with Crippen molar-refractivity contribution in [1.82, 2.24) is 15.5 Å². The Morgan fingerprint density at radius 2 is 2.09 bits per heavy atom. The minimum atomic E-state index is -0.797. The van der Waals surface area contributed by atoms with Crippen molar-refractivity contribution < 1.29 is 14.7 Å². The number of rotatable bonds is 6. The predicted molar refractivity (Wildman–Crippen MR) is 84.8 cm³/mol. The fourth-order valence-corrected chi connectivity index (χ4v) is 3.25. The van der Waals surface area contributed by atoms with Crippen LogP contribution in [0.5, 0.6) is 0 Å². The molecule has 0 aromatic heterocycles. The number of carboxylic acids is 1. The zero-order valence-electron chi connectivity index (χ0n) is 13.5. The molecule has 1 saturated carbocycles. The standard InChI is InChI=1S/C16H27N3O3/c1-3-19(11-14(20)21)13-9-12(10-13)17-15(22)18-16(2)7-5-4-6-8-16/h4-5,12-13H,3,6-11H2,1-2H3,(H,20,21)(H2,17,18,22). The van der Waals surface area contributed by atoms with Crippen LogP contribution in [-0.4, -0.2) is 52.7 Å². The lowest BCUT2D eigenvalue weighted by Crippen LogP contribution is -2.59. The topological polar surface area (TPSA) is 81.7 Å². The summed E-state index contributed by atoms with van der Waals surface area (Å²) in [4.78, 5) is 24.8. The summed E-state index contributed by atoms with van der Waals surface area (Å²) in [5, 5.41) is 15.0. The van der Waals surface area contributed by atoms with Crippen molar-refractivity contribution in [2.45, 2.75) is 63.6 Å². The molecule has 0 aromatic rings. The molecule has 22 heavy (non-hydrogen) atoms. The van der Waals surface area contributed by atoms with Gasteiger partial charge in [0.15, 0.2) is 0 Å². The molecule has 2 aliphatic carbocycles. The Hall–Kier alpha value is -1.56. The van der Waals surface area contributed by atoms with E-state index in [-0.39, 0.29) is 30.2 Å². The normalized spacial score (nSPS) is 30.7. The molecule has 0 saturated heterocycles. The molecule has 6 heteroatoms. The molecule has 0 heterocycles. The van der Waals surface area contributed by atoms with Gasteiger partial charge >= 0.3 is 12.0 Å². The summed E-state index contributed by atoms with van der Waals surface area (Å²) in [7, 11) is 0. The fourth-order valence-electron chi connectivity index (χ4n) is 3.25. The number of hydrogen-bond acceptors (Lipinski definition) is 3. The fraction of sp³-hybridized carbons (Fsp3) is 0.750. The van der Waals surface area contributed by atoms with Crippen molar-refractivity contribution in [3.05, 3.63) is 12.2 Å². The molecule has 0 spiro atoms. The zero-order chi connectivity index (χ0) is 16.2. The van der Waals surface area contributed by atoms with Gasteiger partial charge in [0.05, 0.1) is 6.54 Å². The van der Waals surface area contributed by atoms with Gasteiger partial charge < -0.3 is 15.7 Å². The molecule has 6 nitrogen and oxygen atoms in total. The molecule has 2 aliphatic rings. The molecular weight excluding hydrogens is 282 g/mol. The van der Waals surface area contributed by atoms with E-state index < -0.39 is 5.97 Å². The van der Waals surface area contributed by atoms with Crippen LogP contribution >= 0.6 is 0 Å². The molecule has 0 bridgehead atoms. The number of amides is 2. The van der Waals surface area contributed by atoms with Gasteiger partial charge in [-0.2, -0.15) is 0 Å². The van der Waals surface area contributed by atoms with Gasteiger partial charge in [-0.1, -0.05) is 19.1 Å². The Labute approximate surface area is 131 Å². The zero-order valence-corrected chi connectivity index (χ0v) is 13.5. The second-order valence-corrected chi connectivity index (χ2v) is 6.65. The van der Waals surface area contributed by atoms with Crippen LogP contribution < -0.4 is 10.6 Å². The van der Waals surface area contributed by atoms with Gasteiger partial charge in [0.25, 0.3) is 0 Å². The number of carboxylic acid groups (broad SMARTS) is 1. The van der Waals surface area contributed by atoms with Gasteiger partial charge in [-0.05, 0) is 45.6 Å². The molecule has 2 amide bonds. The molecule has 0 aromatic carbocycles. The summed E-state index contributed by atoms with van der Waals surface area (Å²) in [6.45, 7) is 4.84. The van der Waals surface area contributed by atoms with Crippen LogP contribution in [0.4, 0.5) is 4.79 Å². The number of nitrogens with one attached hydrogen (secondary N) is 2. The van der Waals surface area contributed by atoms with Gasteiger partial charge in [0.2, 0.25) is 0 Å². The smallest absolute Gasteiger partial charge is 0.317 e. The van der Waals surface area contributed by atoms with Crippen LogP contribution in [0.2, 0.25) is 0 Å². The van der Waals surface area contributed by atoms with Crippen molar-refractivity contribution in [3.63, 3.8) is 0 Å². The highest BCUT2D eigenvalue weighted by Crippen LogP contribution is 2.26. The molecule has 1 atom stereocenters. The molecular formula is C16H27N3O3. The van der Waals surface area contributed by atoms with Crippen molar-refractivity contribution in [1.29, 1.82) is 0 Å². The van der Waals surface area contributed by atoms with Gasteiger partial charge in [-0.15, -0.1) is 0 Å². The summed E-state index contributed by atoms with van der Waals surface area (Å²) in [5.41, 5.74) is -0.152. The SMILES string of the molecule is CCN(CC(=O)O)C1CC(NC(=O)NC2(C)CC=CCC2)C1. The van der Waals surface area contributed by atoms with E-state index in [4.69, 9.17) is 5.11 Å². The number of hydrogen-bond donors (Lipinski definition) is 3. The van der Waals surface area contributed by atoms with E-state index in [0.29, 0.717) is 0 Å². The third-order valence-electron chi connectivity index (χ3n) is 4.72. The summed E-state index contributed by atoms with van der Waals surface area (Å²) in [6.07, 6.45) is 8.76. The molecule has 124 valence electrons. The minimum absolute atomic E-state index is 0.0739. The van der Waals surface area contributed by atoms with E-state index >= 15 is 0 Å². The molecule has 2 rings (SSSR count). The number of urea groups is 1. The lowest BCUT2D eigenvalue weighted by molar-refractivity contribution is -0.139. The first kappa shape index (κ1) is 16.8. The maximum absolute atomic E-state index is 12.1. The van der Waals surface area contributed by atoms with Gasteiger partial charge in [-0.25, -0.2) is 4.79 Å². The third-order valence-corrected chi connectivity index (χ3v) is 4.72. The van der Waals surface area contributed by atoms with Crippen LogP contribution in [0.3, 0.4) is 0 Å². The number of likely N-dealkylation sites (N-methyl/N-ethyl adjacent to an activating group) is 1. The van der Waals surface area contributed by atoms with Crippen LogP contribution in [0.15, 0.2) is 12.2 Å². The largest absolute Gasteiger partial charge is 0.480 e. The second-order valence-electron chi connectivity index (χ2n) is 6.65. The summed E-state index contributed by atoms with van der Waals surface area (Å²) >= 11 is 0. The predicted octanol–water partition coefficient (Wildman–Crippen LogP) is 1.72.